The zero-order chi connectivity index (χ0) is 24.0. The monoisotopic (exact) mass is 469 g/mol. The third kappa shape index (κ3) is 4.23. The molecule has 0 spiro atoms. The van der Waals surface area contributed by atoms with E-state index < -0.39 is 23.7 Å². The molecule has 5 rings (SSSR count). The lowest BCUT2D eigenvalue weighted by atomic mass is 9.83. The molecular formula is C23H28FN7O3. The van der Waals surface area contributed by atoms with Gasteiger partial charge in [-0.1, -0.05) is 0 Å². The molecule has 0 bridgehead atoms. The number of rotatable bonds is 6. The SMILES string of the molecule is CNc1cc(Nc2cccn(C3CCC[C@](C)(O)C3)c2=O)nc2c(C(=O)N[C@@H]3C[C@@H]3F)cnn12. The van der Waals surface area contributed by atoms with Gasteiger partial charge in [-0.3, -0.25) is 9.59 Å². The Morgan fingerprint density at radius 3 is 2.88 bits per heavy atom. The second-order valence-corrected chi connectivity index (χ2v) is 9.41. The number of alkyl halides is 1. The van der Waals surface area contributed by atoms with E-state index in [1.54, 1.807) is 42.9 Å². The smallest absolute Gasteiger partial charge is 0.274 e. The lowest BCUT2D eigenvalue weighted by Gasteiger charge is -2.34. The Kier molecular flexibility index (Phi) is 5.51. The summed E-state index contributed by atoms with van der Waals surface area (Å²) in [4.78, 5) is 30.4. The zero-order valence-corrected chi connectivity index (χ0v) is 19.1. The first-order chi connectivity index (χ1) is 16.3. The molecule has 1 amide bonds. The number of hydrogen-bond donors (Lipinski definition) is 4. The van der Waals surface area contributed by atoms with E-state index in [9.17, 15) is 19.1 Å². The molecule has 34 heavy (non-hydrogen) atoms. The fourth-order valence-corrected chi connectivity index (χ4v) is 4.62. The predicted octanol–water partition coefficient (Wildman–Crippen LogP) is 2.38. The van der Waals surface area contributed by atoms with Gasteiger partial charge >= 0.3 is 0 Å². The summed E-state index contributed by atoms with van der Waals surface area (Å²) >= 11 is 0. The van der Waals surface area contributed by atoms with E-state index in [0.29, 0.717) is 30.2 Å². The van der Waals surface area contributed by atoms with Crippen molar-refractivity contribution >= 4 is 28.9 Å². The van der Waals surface area contributed by atoms with Crippen LogP contribution in [0.5, 0.6) is 0 Å². The lowest BCUT2D eigenvalue weighted by molar-refractivity contribution is 0.00334. The molecule has 180 valence electrons. The van der Waals surface area contributed by atoms with Gasteiger partial charge < -0.3 is 25.6 Å². The van der Waals surface area contributed by atoms with E-state index in [2.05, 4.69) is 26.0 Å². The fraction of sp³-hybridized carbons (Fsp3) is 0.478. The van der Waals surface area contributed by atoms with Crippen LogP contribution in [0.3, 0.4) is 0 Å². The van der Waals surface area contributed by atoms with Gasteiger partial charge in [0.15, 0.2) is 5.65 Å². The van der Waals surface area contributed by atoms with Crippen molar-refractivity contribution in [1.82, 2.24) is 24.5 Å². The Bertz CT molecular complexity index is 1300. The van der Waals surface area contributed by atoms with Crippen LogP contribution in [-0.2, 0) is 0 Å². The molecule has 1 unspecified atom stereocenters. The van der Waals surface area contributed by atoms with Crippen molar-refractivity contribution in [1.29, 1.82) is 0 Å². The van der Waals surface area contributed by atoms with E-state index in [1.807, 2.05) is 0 Å². The number of aromatic nitrogens is 4. The van der Waals surface area contributed by atoms with E-state index in [1.165, 1.54) is 10.7 Å². The van der Waals surface area contributed by atoms with E-state index >= 15 is 0 Å². The molecule has 0 radical (unpaired) electrons. The normalized spacial score (nSPS) is 26.3. The second-order valence-electron chi connectivity index (χ2n) is 9.41. The summed E-state index contributed by atoms with van der Waals surface area (Å²) in [6.07, 6.45) is 5.33. The highest BCUT2D eigenvalue weighted by atomic mass is 19.1. The number of carbonyl (C=O) groups is 1. The molecule has 4 atom stereocenters. The zero-order valence-electron chi connectivity index (χ0n) is 19.1. The Morgan fingerprint density at radius 1 is 1.38 bits per heavy atom. The van der Waals surface area contributed by atoms with Gasteiger partial charge in [0.05, 0.1) is 17.8 Å². The number of carbonyl (C=O) groups excluding carboxylic acids is 1. The summed E-state index contributed by atoms with van der Waals surface area (Å²) in [6, 6.07) is 4.57. The van der Waals surface area contributed by atoms with Crippen LogP contribution in [-0.4, -0.2) is 55.0 Å². The molecule has 2 aliphatic carbocycles. The van der Waals surface area contributed by atoms with Crippen molar-refractivity contribution in [2.24, 2.45) is 0 Å². The summed E-state index contributed by atoms with van der Waals surface area (Å²) < 4.78 is 16.4. The van der Waals surface area contributed by atoms with Gasteiger partial charge in [0.1, 0.15) is 29.1 Å². The van der Waals surface area contributed by atoms with Gasteiger partial charge in [0.2, 0.25) is 0 Å². The van der Waals surface area contributed by atoms with Crippen LogP contribution in [0.4, 0.5) is 21.7 Å². The Labute approximate surface area is 195 Å². The summed E-state index contributed by atoms with van der Waals surface area (Å²) in [7, 11) is 1.71. The molecule has 11 heteroatoms. The van der Waals surface area contributed by atoms with Gasteiger partial charge in [-0.2, -0.15) is 9.61 Å². The van der Waals surface area contributed by atoms with Crippen LogP contribution in [0, 0.1) is 0 Å². The Balaban J connectivity index is 1.46. The maximum absolute atomic E-state index is 13.2. The van der Waals surface area contributed by atoms with Crippen LogP contribution in [0.25, 0.3) is 5.65 Å². The minimum Gasteiger partial charge on any atom is -0.390 e. The summed E-state index contributed by atoms with van der Waals surface area (Å²) in [6.45, 7) is 1.81. The summed E-state index contributed by atoms with van der Waals surface area (Å²) in [5, 5.41) is 23.4. The van der Waals surface area contributed by atoms with E-state index in [-0.39, 0.29) is 22.8 Å². The third-order valence-electron chi connectivity index (χ3n) is 6.56. The molecular weight excluding hydrogens is 441 g/mol. The van der Waals surface area contributed by atoms with Crippen LogP contribution in [0.1, 0.15) is 55.4 Å². The number of hydrogen-bond acceptors (Lipinski definition) is 7. The van der Waals surface area contributed by atoms with Crippen LogP contribution in [0.2, 0.25) is 0 Å². The maximum Gasteiger partial charge on any atom is 0.274 e. The molecule has 2 fully saturated rings. The Hall–Kier alpha value is -3.47. The second kappa shape index (κ2) is 8.39. The molecule has 2 aliphatic rings. The average molecular weight is 470 g/mol. The summed E-state index contributed by atoms with van der Waals surface area (Å²) in [5.74, 6) is 0.464. The van der Waals surface area contributed by atoms with Gasteiger partial charge in [0.25, 0.3) is 11.5 Å². The number of amides is 1. The lowest BCUT2D eigenvalue weighted by Crippen LogP contribution is -2.36. The average Bonchev–Trinajstić information content (AvgIpc) is 3.31. The number of aliphatic hydroxyl groups is 1. The van der Waals surface area contributed by atoms with Crippen molar-refractivity contribution in [3.05, 3.63) is 46.5 Å². The number of anilines is 3. The van der Waals surface area contributed by atoms with Crippen molar-refractivity contribution in [3.63, 3.8) is 0 Å². The van der Waals surface area contributed by atoms with Gasteiger partial charge in [-0.25, -0.2) is 9.37 Å². The van der Waals surface area contributed by atoms with Crippen LogP contribution >= 0.6 is 0 Å². The van der Waals surface area contributed by atoms with Crippen molar-refractivity contribution < 1.29 is 14.3 Å². The number of halogens is 1. The molecule has 4 N–H and O–H groups in total. The highest BCUT2D eigenvalue weighted by Gasteiger charge is 2.39. The molecule has 2 saturated carbocycles. The first-order valence-electron chi connectivity index (χ1n) is 11.5. The summed E-state index contributed by atoms with van der Waals surface area (Å²) in [5.41, 5.74) is -0.180. The number of pyridine rings is 1. The number of nitrogens with one attached hydrogen (secondary N) is 3. The van der Waals surface area contributed by atoms with Gasteiger partial charge in [-0.15, -0.1) is 0 Å². The largest absolute Gasteiger partial charge is 0.390 e. The first kappa shape index (κ1) is 22.3. The minimum atomic E-state index is -1.02. The maximum atomic E-state index is 13.2. The number of fused-ring (bicyclic) bond motifs is 1. The van der Waals surface area contributed by atoms with Gasteiger partial charge in [-0.05, 0) is 44.7 Å². The van der Waals surface area contributed by atoms with Crippen LogP contribution in [0.15, 0.2) is 35.4 Å². The van der Waals surface area contributed by atoms with E-state index in [0.717, 1.165) is 19.3 Å². The molecule has 3 heterocycles. The fourth-order valence-electron chi connectivity index (χ4n) is 4.62. The topological polar surface area (TPSA) is 126 Å². The highest BCUT2D eigenvalue weighted by molar-refractivity contribution is 6.00. The van der Waals surface area contributed by atoms with Crippen molar-refractivity contribution in [3.8, 4) is 0 Å². The first-order valence-corrected chi connectivity index (χ1v) is 11.5. The molecule has 0 aromatic carbocycles. The minimum absolute atomic E-state index is 0.0896. The van der Waals surface area contributed by atoms with E-state index in [4.69, 9.17) is 0 Å². The predicted molar refractivity (Wildman–Crippen MR) is 125 cm³/mol. The molecule has 3 aromatic rings. The third-order valence-corrected chi connectivity index (χ3v) is 6.56. The highest BCUT2D eigenvalue weighted by Crippen LogP contribution is 2.34. The van der Waals surface area contributed by atoms with Gasteiger partial charge in [0, 0.05) is 31.8 Å². The quantitative estimate of drug-likeness (QED) is 0.437. The standard InChI is InChI=1S/C23H28FN7O3/c1-23(34)7-3-5-13(11-23)30-8-4-6-16(22(30)33)27-18-10-19(25-2)31-20(29-18)14(12-26-31)21(32)28-17-9-15(17)24/h4,6,8,10,12-13,15,17,25,34H,3,5,7,9,11H2,1-2H3,(H,27,29)(H,28,32)/t13?,15-,17+,23-/m0/s1. The Morgan fingerprint density at radius 2 is 2.18 bits per heavy atom. The molecule has 3 aromatic heterocycles. The molecule has 10 nitrogen and oxygen atoms in total. The molecule has 0 aliphatic heterocycles. The van der Waals surface area contributed by atoms with Crippen molar-refractivity contribution in [2.45, 2.75) is 62.9 Å². The molecule has 0 saturated heterocycles. The van der Waals surface area contributed by atoms with Crippen LogP contribution < -0.4 is 21.5 Å². The van der Waals surface area contributed by atoms with Crippen molar-refractivity contribution in [2.75, 3.05) is 17.7 Å². The number of nitrogens with zero attached hydrogens (tertiary/aromatic N) is 4.